The van der Waals surface area contributed by atoms with Gasteiger partial charge in [-0.3, -0.25) is 19.7 Å². The molecule has 1 saturated heterocycles. The summed E-state index contributed by atoms with van der Waals surface area (Å²) >= 11 is 0. The number of anilines is 1. The molecular weight excluding hydrogens is 394 g/mol. The third-order valence-corrected chi connectivity index (χ3v) is 5.54. The lowest BCUT2D eigenvalue weighted by atomic mass is 10.0. The standard InChI is InChI=1S/C23H25N5O3/c1-16-2-4-18(5-3-16)22-21(17-8-10-24-11-9-17)23(26-25-22)28-14-12-27(13-15-28)19(29)6-7-20(30)31/h2-5,8-11H,6-7,12-15H2,1H3,(H,25,26)(H,30,31). The summed E-state index contributed by atoms with van der Waals surface area (Å²) in [4.78, 5) is 31.1. The first kappa shape index (κ1) is 20.6. The highest BCUT2D eigenvalue weighted by Gasteiger charge is 2.26. The van der Waals surface area contributed by atoms with Gasteiger partial charge in [0.2, 0.25) is 5.91 Å². The number of aromatic nitrogens is 3. The van der Waals surface area contributed by atoms with Crippen molar-refractivity contribution in [2.45, 2.75) is 19.8 Å². The van der Waals surface area contributed by atoms with Gasteiger partial charge >= 0.3 is 5.97 Å². The molecule has 3 heterocycles. The van der Waals surface area contributed by atoms with Crippen LogP contribution in [0.3, 0.4) is 0 Å². The second-order valence-electron chi connectivity index (χ2n) is 7.66. The Morgan fingerprint density at radius 3 is 2.29 bits per heavy atom. The van der Waals surface area contributed by atoms with Crippen LogP contribution in [0.1, 0.15) is 18.4 Å². The lowest BCUT2D eigenvalue weighted by Gasteiger charge is -2.35. The third kappa shape index (κ3) is 4.58. The Kier molecular flexibility index (Phi) is 5.97. The molecule has 1 fully saturated rings. The molecule has 0 aliphatic carbocycles. The minimum absolute atomic E-state index is 0.0393. The van der Waals surface area contributed by atoms with Crippen molar-refractivity contribution in [3.05, 3.63) is 54.4 Å². The quantitative estimate of drug-likeness (QED) is 0.637. The van der Waals surface area contributed by atoms with Gasteiger partial charge < -0.3 is 14.9 Å². The van der Waals surface area contributed by atoms with E-state index in [9.17, 15) is 9.59 Å². The molecule has 0 bridgehead atoms. The minimum atomic E-state index is -0.950. The number of amides is 1. The SMILES string of the molecule is Cc1ccc(-c2[nH]nc(N3CCN(C(=O)CCC(=O)O)CC3)c2-c2ccncc2)cc1. The summed E-state index contributed by atoms with van der Waals surface area (Å²) in [6, 6.07) is 12.3. The maximum Gasteiger partial charge on any atom is 0.303 e. The number of H-pyrrole nitrogens is 1. The van der Waals surface area contributed by atoms with Gasteiger partial charge in [-0.1, -0.05) is 29.8 Å². The molecule has 1 aliphatic rings. The molecule has 4 rings (SSSR count). The minimum Gasteiger partial charge on any atom is -0.481 e. The lowest BCUT2D eigenvalue weighted by Crippen LogP contribution is -2.49. The van der Waals surface area contributed by atoms with Crippen LogP contribution < -0.4 is 4.90 Å². The van der Waals surface area contributed by atoms with Gasteiger partial charge in [-0.2, -0.15) is 5.10 Å². The van der Waals surface area contributed by atoms with Crippen LogP contribution in [0.2, 0.25) is 0 Å². The van der Waals surface area contributed by atoms with E-state index in [1.165, 1.54) is 5.56 Å². The Morgan fingerprint density at radius 1 is 0.968 bits per heavy atom. The molecule has 2 N–H and O–H groups in total. The summed E-state index contributed by atoms with van der Waals surface area (Å²) in [7, 11) is 0. The molecule has 0 atom stereocenters. The molecule has 160 valence electrons. The zero-order chi connectivity index (χ0) is 21.8. The molecule has 8 heteroatoms. The van der Waals surface area contributed by atoms with Crippen molar-refractivity contribution >= 4 is 17.7 Å². The molecular formula is C23H25N5O3. The van der Waals surface area contributed by atoms with Crippen LogP contribution in [0.4, 0.5) is 5.82 Å². The summed E-state index contributed by atoms with van der Waals surface area (Å²) in [6.45, 7) is 4.41. The van der Waals surface area contributed by atoms with Crippen LogP contribution in [0.5, 0.6) is 0 Å². The van der Waals surface area contributed by atoms with Gasteiger partial charge in [-0.25, -0.2) is 0 Å². The maximum atomic E-state index is 12.3. The Labute approximate surface area is 180 Å². The number of aliphatic carboxylic acids is 1. The average molecular weight is 419 g/mol. The number of carbonyl (C=O) groups excluding carboxylic acids is 1. The van der Waals surface area contributed by atoms with Crippen molar-refractivity contribution < 1.29 is 14.7 Å². The summed E-state index contributed by atoms with van der Waals surface area (Å²) in [6.07, 6.45) is 3.44. The molecule has 2 aromatic heterocycles. The first-order valence-electron chi connectivity index (χ1n) is 10.3. The summed E-state index contributed by atoms with van der Waals surface area (Å²) in [5.74, 6) is -0.215. The molecule has 1 aliphatic heterocycles. The number of carboxylic acids is 1. The van der Waals surface area contributed by atoms with E-state index in [1.807, 2.05) is 12.1 Å². The van der Waals surface area contributed by atoms with Crippen LogP contribution in [0.15, 0.2) is 48.8 Å². The topological polar surface area (TPSA) is 102 Å². The molecule has 1 amide bonds. The number of carboxylic acid groups (broad SMARTS) is 1. The average Bonchev–Trinajstić information content (AvgIpc) is 3.24. The molecule has 0 saturated carbocycles. The fraction of sp³-hybridized carbons (Fsp3) is 0.304. The van der Waals surface area contributed by atoms with Crippen LogP contribution in [0.25, 0.3) is 22.4 Å². The fourth-order valence-corrected chi connectivity index (χ4v) is 3.82. The Bertz CT molecular complexity index is 1050. The van der Waals surface area contributed by atoms with Crippen LogP contribution in [0, 0.1) is 6.92 Å². The van der Waals surface area contributed by atoms with Gasteiger partial charge in [-0.15, -0.1) is 0 Å². The monoisotopic (exact) mass is 419 g/mol. The van der Waals surface area contributed by atoms with Crippen LogP contribution >= 0.6 is 0 Å². The van der Waals surface area contributed by atoms with E-state index in [1.54, 1.807) is 17.3 Å². The molecule has 31 heavy (non-hydrogen) atoms. The number of aromatic amines is 1. The number of nitrogens with one attached hydrogen (secondary N) is 1. The number of rotatable bonds is 6. The predicted molar refractivity (Wildman–Crippen MR) is 118 cm³/mol. The third-order valence-electron chi connectivity index (χ3n) is 5.54. The zero-order valence-corrected chi connectivity index (χ0v) is 17.4. The van der Waals surface area contributed by atoms with Gasteiger partial charge in [0.05, 0.1) is 17.7 Å². The number of hydrogen-bond acceptors (Lipinski definition) is 5. The number of carbonyl (C=O) groups is 2. The highest BCUT2D eigenvalue weighted by atomic mass is 16.4. The second kappa shape index (κ2) is 8.99. The van der Waals surface area contributed by atoms with Crippen LogP contribution in [-0.4, -0.2) is 63.2 Å². The molecule has 1 aromatic carbocycles. The van der Waals surface area contributed by atoms with E-state index in [-0.39, 0.29) is 18.7 Å². The van der Waals surface area contributed by atoms with Gasteiger partial charge in [0.1, 0.15) is 0 Å². The molecule has 0 spiro atoms. The number of pyridine rings is 1. The van der Waals surface area contributed by atoms with Crippen molar-refractivity contribution in [2.24, 2.45) is 0 Å². The number of aryl methyl sites for hydroxylation is 1. The molecule has 0 radical (unpaired) electrons. The number of nitrogens with zero attached hydrogens (tertiary/aromatic N) is 4. The maximum absolute atomic E-state index is 12.3. The van der Waals surface area contributed by atoms with E-state index >= 15 is 0 Å². The Hall–Kier alpha value is -3.68. The van der Waals surface area contributed by atoms with E-state index in [0.29, 0.717) is 26.2 Å². The summed E-state index contributed by atoms with van der Waals surface area (Å²) in [5.41, 5.74) is 5.23. The smallest absolute Gasteiger partial charge is 0.303 e. The van der Waals surface area contributed by atoms with E-state index in [4.69, 9.17) is 5.11 Å². The van der Waals surface area contributed by atoms with Crippen molar-refractivity contribution in [2.75, 3.05) is 31.1 Å². The molecule has 8 nitrogen and oxygen atoms in total. The number of piperazine rings is 1. The Balaban J connectivity index is 1.59. The normalized spacial score (nSPS) is 14.0. The highest BCUT2D eigenvalue weighted by Crippen LogP contribution is 2.38. The van der Waals surface area contributed by atoms with Gasteiger partial charge in [-0.05, 0) is 24.6 Å². The fourth-order valence-electron chi connectivity index (χ4n) is 3.82. The van der Waals surface area contributed by atoms with Crippen molar-refractivity contribution in [1.82, 2.24) is 20.1 Å². The molecule has 0 unspecified atom stereocenters. The predicted octanol–water partition coefficient (Wildman–Crippen LogP) is 2.96. The van der Waals surface area contributed by atoms with Crippen molar-refractivity contribution in [1.29, 1.82) is 0 Å². The highest BCUT2D eigenvalue weighted by molar-refractivity contribution is 5.89. The zero-order valence-electron chi connectivity index (χ0n) is 17.4. The van der Waals surface area contributed by atoms with E-state index < -0.39 is 5.97 Å². The first-order chi connectivity index (χ1) is 15.0. The second-order valence-corrected chi connectivity index (χ2v) is 7.66. The number of benzene rings is 1. The molecule has 3 aromatic rings. The van der Waals surface area contributed by atoms with Gasteiger partial charge in [0.15, 0.2) is 5.82 Å². The largest absolute Gasteiger partial charge is 0.481 e. The van der Waals surface area contributed by atoms with Gasteiger partial charge in [0.25, 0.3) is 0 Å². The van der Waals surface area contributed by atoms with E-state index in [0.717, 1.165) is 28.2 Å². The number of hydrogen-bond donors (Lipinski definition) is 2. The summed E-state index contributed by atoms with van der Waals surface area (Å²) in [5, 5.41) is 16.7. The van der Waals surface area contributed by atoms with Crippen molar-refractivity contribution in [3.8, 4) is 22.4 Å². The van der Waals surface area contributed by atoms with Gasteiger partial charge in [0, 0.05) is 50.6 Å². The lowest BCUT2D eigenvalue weighted by molar-refractivity contribution is -0.141. The van der Waals surface area contributed by atoms with Crippen LogP contribution in [-0.2, 0) is 9.59 Å². The summed E-state index contributed by atoms with van der Waals surface area (Å²) < 4.78 is 0. The van der Waals surface area contributed by atoms with Crippen molar-refractivity contribution in [3.63, 3.8) is 0 Å². The first-order valence-corrected chi connectivity index (χ1v) is 10.3. The Morgan fingerprint density at radius 2 is 1.65 bits per heavy atom. The van der Waals surface area contributed by atoms with E-state index in [2.05, 4.69) is 51.3 Å².